The van der Waals surface area contributed by atoms with Gasteiger partial charge in [0.1, 0.15) is 0 Å². The predicted molar refractivity (Wildman–Crippen MR) is 23.5 cm³/mol. The number of aldehydes is 1. The SMILES string of the molecule is O=C/C=N/S. The molecule has 2 nitrogen and oxygen atoms in total. The number of thiol groups is 1. The summed E-state index contributed by atoms with van der Waals surface area (Å²) in [7, 11) is 0. The van der Waals surface area contributed by atoms with E-state index in [0.29, 0.717) is 6.29 Å². The minimum atomic E-state index is 0.562. The van der Waals surface area contributed by atoms with E-state index in [1.807, 2.05) is 0 Å². The molecule has 0 fully saturated rings. The van der Waals surface area contributed by atoms with Crippen molar-refractivity contribution in [2.24, 2.45) is 4.40 Å². The highest BCUT2D eigenvalue weighted by Gasteiger charge is 1.49. The first-order valence-electron chi connectivity index (χ1n) is 1.03. The number of hydrogen-bond donors (Lipinski definition) is 1. The molecule has 0 unspecified atom stereocenters. The number of carbonyl (C=O) groups is 1. The molecule has 0 bridgehead atoms. The van der Waals surface area contributed by atoms with Gasteiger partial charge in [0, 0.05) is 0 Å². The minimum absolute atomic E-state index is 0.562. The van der Waals surface area contributed by atoms with Gasteiger partial charge in [-0.25, -0.2) is 4.40 Å². The molecular formula is C2H3NOS. The van der Waals surface area contributed by atoms with Gasteiger partial charge in [0.25, 0.3) is 0 Å². The Morgan fingerprint density at radius 1 is 1.80 bits per heavy atom. The molecule has 0 aromatic carbocycles. The standard InChI is InChI=1S/C2H3NOS/c4-2-1-3-5/h1-2,5H/b3-1+. The summed E-state index contributed by atoms with van der Waals surface area (Å²) < 4.78 is 3.06. The van der Waals surface area contributed by atoms with E-state index in [1.54, 1.807) is 0 Å². The highest BCUT2D eigenvalue weighted by Crippen LogP contribution is 1.61. The number of carbonyl (C=O) groups excluding carboxylic acids is 1. The van der Waals surface area contributed by atoms with Crippen molar-refractivity contribution in [1.82, 2.24) is 0 Å². The van der Waals surface area contributed by atoms with Crippen LogP contribution in [0.4, 0.5) is 0 Å². The van der Waals surface area contributed by atoms with Gasteiger partial charge in [0.15, 0.2) is 6.29 Å². The second-order valence-corrected chi connectivity index (χ2v) is 0.632. The molecule has 0 amide bonds. The lowest BCUT2D eigenvalue weighted by molar-refractivity contribution is -0.102. The molecule has 5 heavy (non-hydrogen) atoms. The molecule has 3 heteroatoms. The van der Waals surface area contributed by atoms with Gasteiger partial charge in [-0.05, 0) is 12.8 Å². The highest BCUT2D eigenvalue weighted by molar-refractivity contribution is 7.79. The molecular weight excluding hydrogens is 86.1 g/mol. The fourth-order valence-corrected chi connectivity index (χ4v) is 0.0816. The van der Waals surface area contributed by atoms with Crippen molar-refractivity contribution in [3.8, 4) is 0 Å². The average Bonchev–Trinajstić information content (AvgIpc) is 1.41. The molecule has 0 radical (unpaired) electrons. The highest BCUT2D eigenvalue weighted by atomic mass is 32.1. The van der Waals surface area contributed by atoms with Crippen molar-refractivity contribution >= 4 is 25.3 Å². The Bertz CT molecular complexity index is 51.6. The molecule has 0 N–H and O–H groups in total. The van der Waals surface area contributed by atoms with E-state index in [0.717, 1.165) is 6.21 Å². The Morgan fingerprint density at radius 3 is 2.40 bits per heavy atom. The van der Waals surface area contributed by atoms with Crippen molar-refractivity contribution in [2.75, 3.05) is 0 Å². The summed E-state index contributed by atoms with van der Waals surface area (Å²) in [5, 5.41) is 0. The molecule has 0 spiro atoms. The van der Waals surface area contributed by atoms with Gasteiger partial charge in [0.05, 0.1) is 6.21 Å². The Kier molecular flexibility index (Phi) is 3.46. The Morgan fingerprint density at radius 2 is 2.40 bits per heavy atom. The monoisotopic (exact) mass is 89.0 g/mol. The zero-order valence-electron chi connectivity index (χ0n) is 2.46. The molecule has 28 valence electrons. The van der Waals surface area contributed by atoms with Crippen LogP contribution >= 0.6 is 12.8 Å². The Hall–Kier alpha value is -0.310. The maximum absolute atomic E-state index is 9.21. The summed E-state index contributed by atoms with van der Waals surface area (Å²) in [4.78, 5) is 9.21. The summed E-state index contributed by atoms with van der Waals surface area (Å²) in [5.74, 6) is 0. The van der Waals surface area contributed by atoms with Crippen LogP contribution in [0.25, 0.3) is 0 Å². The first-order chi connectivity index (χ1) is 2.41. The molecule has 0 rings (SSSR count). The minimum Gasteiger partial charge on any atom is -0.297 e. The lowest BCUT2D eigenvalue weighted by Gasteiger charge is -1.52. The van der Waals surface area contributed by atoms with Gasteiger partial charge in [0.2, 0.25) is 0 Å². The van der Waals surface area contributed by atoms with Gasteiger partial charge in [-0.2, -0.15) is 0 Å². The lowest BCUT2D eigenvalue weighted by atomic mass is 10.9. The maximum atomic E-state index is 9.21. The van der Waals surface area contributed by atoms with E-state index in [2.05, 4.69) is 17.2 Å². The third-order valence-corrected chi connectivity index (χ3v) is 0.261. The third-order valence-electron chi connectivity index (χ3n) is 0.128. The number of rotatable bonds is 1. The van der Waals surface area contributed by atoms with E-state index >= 15 is 0 Å². The molecule has 0 aliphatic heterocycles. The van der Waals surface area contributed by atoms with Crippen LogP contribution < -0.4 is 0 Å². The molecule has 0 saturated heterocycles. The summed E-state index contributed by atoms with van der Waals surface area (Å²) in [6.07, 6.45) is 1.62. The van der Waals surface area contributed by atoms with E-state index in [4.69, 9.17) is 0 Å². The van der Waals surface area contributed by atoms with E-state index < -0.39 is 0 Å². The van der Waals surface area contributed by atoms with Crippen LogP contribution in [0.15, 0.2) is 4.40 Å². The lowest BCUT2D eigenvalue weighted by Crippen LogP contribution is -1.63. The van der Waals surface area contributed by atoms with Gasteiger partial charge < -0.3 is 0 Å². The van der Waals surface area contributed by atoms with Crippen LogP contribution in [0.1, 0.15) is 0 Å². The second-order valence-electron chi connectivity index (χ2n) is 0.401. The van der Waals surface area contributed by atoms with Gasteiger partial charge >= 0.3 is 0 Å². The van der Waals surface area contributed by atoms with Gasteiger partial charge in [-0.3, -0.25) is 4.79 Å². The quantitative estimate of drug-likeness (QED) is 0.275. The normalized spacial score (nSPS) is 9.00. The first-order valence-corrected chi connectivity index (χ1v) is 1.43. The van der Waals surface area contributed by atoms with Crippen molar-refractivity contribution in [3.05, 3.63) is 0 Å². The molecule has 0 saturated carbocycles. The van der Waals surface area contributed by atoms with Crippen LogP contribution in [-0.2, 0) is 4.79 Å². The van der Waals surface area contributed by atoms with Gasteiger partial charge in [-0.15, -0.1) is 0 Å². The van der Waals surface area contributed by atoms with Crippen LogP contribution in [0.3, 0.4) is 0 Å². The topological polar surface area (TPSA) is 29.4 Å². The maximum Gasteiger partial charge on any atom is 0.161 e. The van der Waals surface area contributed by atoms with Crippen molar-refractivity contribution < 1.29 is 4.79 Å². The molecule has 0 aliphatic carbocycles. The van der Waals surface area contributed by atoms with Crippen LogP contribution in [0.5, 0.6) is 0 Å². The summed E-state index contributed by atoms with van der Waals surface area (Å²) in [6, 6.07) is 0. The fourth-order valence-electron chi connectivity index (χ4n) is 0.0272. The first kappa shape index (κ1) is 4.69. The number of hydrogen-bond acceptors (Lipinski definition) is 3. The molecule has 0 aliphatic rings. The second kappa shape index (κ2) is 3.69. The third kappa shape index (κ3) is 3.69. The van der Waals surface area contributed by atoms with Crippen LogP contribution in [0, 0.1) is 0 Å². The van der Waals surface area contributed by atoms with E-state index in [9.17, 15) is 4.79 Å². The van der Waals surface area contributed by atoms with Gasteiger partial charge in [-0.1, -0.05) is 0 Å². The molecule has 0 heterocycles. The summed E-state index contributed by atoms with van der Waals surface area (Å²) >= 11 is 3.34. The van der Waals surface area contributed by atoms with E-state index in [-0.39, 0.29) is 0 Å². The van der Waals surface area contributed by atoms with E-state index in [1.165, 1.54) is 0 Å². The zero-order chi connectivity index (χ0) is 4.12. The Labute approximate surface area is 35.5 Å². The Balaban J connectivity index is 2.92. The van der Waals surface area contributed by atoms with Crippen molar-refractivity contribution in [3.63, 3.8) is 0 Å². The number of nitrogens with zero attached hydrogens (tertiary/aromatic N) is 1. The molecule has 0 atom stereocenters. The summed E-state index contributed by atoms with van der Waals surface area (Å²) in [5.41, 5.74) is 0. The van der Waals surface area contributed by atoms with Crippen LogP contribution in [-0.4, -0.2) is 12.5 Å². The van der Waals surface area contributed by atoms with Crippen molar-refractivity contribution in [2.45, 2.75) is 0 Å². The molecule has 0 aromatic rings. The van der Waals surface area contributed by atoms with Crippen LogP contribution in [0.2, 0.25) is 0 Å². The molecule has 0 aromatic heterocycles. The van der Waals surface area contributed by atoms with Crippen molar-refractivity contribution in [1.29, 1.82) is 0 Å². The fraction of sp³-hybridized carbons (Fsp3) is 0. The average molecular weight is 89.1 g/mol. The zero-order valence-corrected chi connectivity index (χ0v) is 3.35. The largest absolute Gasteiger partial charge is 0.297 e. The summed E-state index contributed by atoms with van der Waals surface area (Å²) in [6.45, 7) is 0. The smallest absolute Gasteiger partial charge is 0.161 e. The predicted octanol–water partition coefficient (Wildman–Crippen LogP) is 0.101.